The van der Waals surface area contributed by atoms with E-state index in [0.29, 0.717) is 6.42 Å². The molecule has 1 aromatic rings. The average Bonchev–Trinajstić information content (AvgIpc) is 2.69. The van der Waals surface area contributed by atoms with Gasteiger partial charge < -0.3 is 4.74 Å². The lowest BCUT2D eigenvalue weighted by atomic mass is 10.3. The SMILES string of the molecule is CC[C@@H](C)OCc1c(S(=O)(=O)Cl)cnn1C(F)F. The Labute approximate surface area is 108 Å². The summed E-state index contributed by atoms with van der Waals surface area (Å²) in [5.41, 5.74) is -0.250. The van der Waals surface area contributed by atoms with Crippen molar-refractivity contribution in [3.63, 3.8) is 0 Å². The number of alkyl halides is 2. The van der Waals surface area contributed by atoms with Gasteiger partial charge in [-0.2, -0.15) is 13.9 Å². The second-order valence-corrected chi connectivity index (χ2v) is 6.18. The van der Waals surface area contributed by atoms with Crippen LogP contribution >= 0.6 is 10.7 Å². The van der Waals surface area contributed by atoms with E-state index in [-0.39, 0.29) is 23.1 Å². The van der Waals surface area contributed by atoms with Crippen molar-refractivity contribution in [1.82, 2.24) is 9.78 Å². The van der Waals surface area contributed by atoms with Gasteiger partial charge in [-0.05, 0) is 13.3 Å². The van der Waals surface area contributed by atoms with Crippen molar-refractivity contribution in [3.8, 4) is 0 Å². The van der Waals surface area contributed by atoms with Crippen LogP contribution in [0.4, 0.5) is 8.78 Å². The van der Waals surface area contributed by atoms with Crippen LogP contribution in [0.1, 0.15) is 32.5 Å². The van der Waals surface area contributed by atoms with E-state index in [1.165, 1.54) is 0 Å². The molecule has 0 aromatic carbocycles. The Bertz CT molecular complexity index is 504. The van der Waals surface area contributed by atoms with Crippen LogP contribution in [0.3, 0.4) is 0 Å². The summed E-state index contributed by atoms with van der Waals surface area (Å²) >= 11 is 0. The molecule has 0 spiro atoms. The van der Waals surface area contributed by atoms with Gasteiger partial charge in [-0.1, -0.05) is 6.92 Å². The van der Waals surface area contributed by atoms with E-state index in [4.69, 9.17) is 15.4 Å². The third-order valence-electron chi connectivity index (χ3n) is 2.39. The number of halogens is 3. The maximum Gasteiger partial charge on any atom is 0.333 e. The molecule has 0 unspecified atom stereocenters. The lowest BCUT2D eigenvalue weighted by Crippen LogP contribution is -2.13. The molecule has 0 N–H and O–H groups in total. The molecule has 1 atom stereocenters. The quantitative estimate of drug-likeness (QED) is 0.758. The Hall–Kier alpha value is -0.730. The van der Waals surface area contributed by atoms with Gasteiger partial charge in [-0.3, -0.25) is 0 Å². The summed E-state index contributed by atoms with van der Waals surface area (Å²) in [4.78, 5) is -0.451. The maximum atomic E-state index is 12.6. The van der Waals surface area contributed by atoms with Crippen molar-refractivity contribution >= 4 is 19.7 Å². The molecule has 5 nitrogen and oxygen atoms in total. The van der Waals surface area contributed by atoms with Crippen LogP contribution in [-0.4, -0.2) is 24.3 Å². The van der Waals surface area contributed by atoms with Crippen molar-refractivity contribution in [2.24, 2.45) is 0 Å². The van der Waals surface area contributed by atoms with Crippen LogP contribution in [0.15, 0.2) is 11.1 Å². The maximum absolute atomic E-state index is 12.6. The standard InChI is InChI=1S/C9H13ClF2N2O3S/c1-3-6(2)17-5-7-8(18(10,15)16)4-13-14(7)9(11)12/h4,6,9H,3,5H2,1-2H3/t6-/m1/s1. The molecule has 1 aromatic heterocycles. The zero-order valence-corrected chi connectivity index (χ0v) is 11.4. The Morgan fingerprint density at radius 3 is 2.61 bits per heavy atom. The molecule has 18 heavy (non-hydrogen) atoms. The van der Waals surface area contributed by atoms with Gasteiger partial charge in [0.05, 0.1) is 24.6 Å². The van der Waals surface area contributed by atoms with Gasteiger partial charge in [0.15, 0.2) is 0 Å². The van der Waals surface area contributed by atoms with Crippen LogP contribution in [0, 0.1) is 0 Å². The van der Waals surface area contributed by atoms with Gasteiger partial charge in [0.1, 0.15) is 4.90 Å². The molecule has 0 aliphatic carbocycles. The molecule has 0 saturated carbocycles. The molecule has 0 fully saturated rings. The molecule has 0 amide bonds. The lowest BCUT2D eigenvalue weighted by Gasteiger charge is -2.12. The van der Waals surface area contributed by atoms with E-state index in [1.54, 1.807) is 6.92 Å². The molecular formula is C9H13ClF2N2O3S. The van der Waals surface area contributed by atoms with Gasteiger partial charge in [0.2, 0.25) is 0 Å². The number of rotatable bonds is 6. The van der Waals surface area contributed by atoms with E-state index in [1.807, 2.05) is 6.92 Å². The van der Waals surface area contributed by atoms with Crippen molar-refractivity contribution in [2.45, 2.75) is 44.4 Å². The minimum Gasteiger partial charge on any atom is -0.372 e. The fourth-order valence-corrected chi connectivity index (χ4v) is 2.21. The summed E-state index contributed by atoms with van der Waals surface area (Å²) in [7, 11) is 1.02. The molecule has 9 heteroatoms. The zero-order valence-electron chi connectivity index (χ0n) is 9.81. The van der Waals surface area contributed by atoms with Crippen molar-refractivity contribution < 1.29 is 21.9 Å². The number of hydrogen-bond acceptors (Lipinski definition) is 4. The Morgan fingerprint density at radius 2 is 2.17 bits per heavy atom. The number of hydrogen-bond donors (Lipinski definition) is 0. The smallest absolute Gasteiger partial charge is 0.333 e. The Morgan fingerprint density at radius 1 is 1.56 bits per heavy atom. The van der Waals surface area contributed by atoms with Gasteiger partial charge in [-0.15, -0.1) is 0 Å². The minimum absolute atomic E-state index is 0.183. The predicted molar refractivity (Wildman–Crippen MR) is 61.1 cm³/mol. The highest BCUT2D eigenvalue weighted by molar-refractivity contribution is 8.13. The molecule has 0 radical (unpaired) electrons. The van der Waals surface area contributed by atoms with Crippen LogP contribution < -0.4 is 0 Å². The Balaban J connectivity index is 3.08. The highest BCUT2D eigenvalue weighted by atomic mass is 35.7. The third-order valence-corrected chi connectivity index (χ3v) is 3.75. The highest BCUT2D eigenvalue weighted by Crippen LogP contribution is 2.24. The number of nitrogens with zero attached hydrogens (tertiary/aromatic N) is 2. The van der Waals surface area contributed by atoms with E-state index in [0.717, 1.165) is 6.20 Å². The molecule has 1 rings (SSSR count). The van der Waals surface area contributed by atoms with Crippen molar-refractivity contribution in [1.29, 1.82) is 0 Å². The first-order valence-electron chi connectivity index (χ1n) is 5.18. The Kier molecular flexibility index (Phi) is 5.06. The fourth-order valence-electron chi connectivity index (χ4n) is 1.22. The van der Waals surface area contributed by atoms with Gasteiger partial charge in [0, 0.05) is 10.7 Å². The largest absolute Gasteiger partial charge is 0.372 e. The van der Waals surface area contributed by atoms with E-state index in [2.05, 4.69) is 5.10 Å². The van der Waals surface area contributed by atoms with E-state index in [9.17, 15) is 17.2 Å². The topological polar surface area (TPSA) is 61.2 Å². The first kappa shape index (κ1) is 15.3. The molecule has 0 aliphatic rings. The lowest BCUT2D eigenvalue weighted by molar-refractivity contribution is 0.0205. The molecule has 0 bridgehead atoms. The van der Waals surface area contributed by atoms with Crippen LogP contribution in [0.25, 0.3) is 0 Å². The van der Waals surface area contributed by atoms with Crippen LogP contribution in [0.5, 0.6) is 0 Å². The molecule has 0 aliphatic heterocycles. The van der Waals surface area contributed by atoms with E-state index < -0.39 is 20.5 Å². The first-order chi connectivity index (χ1) is 8.27. The fraction of sp³-hybridized carbons (Fsp3) is 0.667. The summed E-state index contributed by atoms with van der Waals surface area (Å²) in [6.07, 6.45) is 1.28. The molecular weight excluding hydrogens is 290 g/mol. The van der Waals surface area contributed by atoms with Crippen LogP contribution in [-0.2, 0) is 20.4 Å². The normalized spacial score (nSPS) is 14.1. The second-order valence-electron chi connectivity index (χ2n) is 3.65. The van der Waals surface area contributed by atoms with E-state index >= 15 is 0 Å². The number of aromatic nitrogens is 2. The summed E-state index contributed by atoms with van der Waals surface area (Å²) in [6, 6.07) is 0. The highest BCUT2D eigenvalue weighted by Gasteiger charge is 2.25. The second kappa shape index (κ2) is 5.94. The van der Waals surface area contributed by atoms with Gasteiger partial charge in [-0.25, -0.2) is 13.1 Å². The van der Waals surface area contributed by atoms with Crippen LogP contribution in [0.2, 0.25) is 0 Å². The van der Waals surface area contributed by atoms with Gasteiger partial charge >= 0.3 is 6.55 Å². The van der Waals surface area contributed by atoms with Crippen molar-refractivity contribution in [2.75, 3.05) is 0 Å². The predicted octanol–water partition coefficient (Wildman–Crippen LogP) is 2.52. The first-order valence-corrected chi connectivity index (χ1v) is 7.49. The molecule has 0 saturated heterocycles. The molecule has 1 heterocycles. The average molecular weight is 303 g/mol. The molecule has 104 valence electrons. The summed E-state index contributed by atoms with van der Waals surface area (Å²) in [6.45, 7) is 0.361. The summed E-state index contributed by atoms with van der Waals surface area (Å²) in [5.74, 6) is 0. The zero-order chi connectivity index (χ0) is 13.9. The third kappa shape index (κ3) is 3.63. The summed E-state index contributed by atoms with van der Waals surface area (Å²) in [5, 5.41) is 3.31. The minimum atomic E-state index is -4.13. The number of ether oxygens (including phenoxy) is 1. The monoisotopic (exact) mass is 302 g/mol. The van der Waals surface area contributed by atoms with Crippen molar-refractivity contribution in [3.05, 3.63) is 11.9 Å². The van der Waals surface area contributed by atoms with Gasteiger partial charge in [0.25, 0.3) is 9.05 Å². The summed E-state index contributed by atoms with van der Waals surface area (Å²) < 4.78 is 53.3.